The maximum Gasteiger partial charge on any atom is 0.252 e. The van der Waals surface area contributed by atoms with Crippen molar-refractivity contribution >= 4 is 60.4 Å². The van der Waals surface area contributed by atoms with Gasteiger partial charge in [-0.3, -0.25) is 4.79 Å². The van der Waals surface area contributed by atoms with Crippen LogP contribution in [0.3, 0.4) is 0 Å². The van der Waals surface area contributed by atoms with Crippen LogP contribution in [0.25, 0.3) is 0 Å². The summed E-state index contributed by atoms with van der Waals surface area (Å²) in [4.78, 5) is 12.9. The zero-order chi connectivity index (χ0) is 17.1. The van der Waals surface area contributed by atoms with E-state index in [0.29, 0.717) is 5.41 Å². The van der Waals surface area contributed by atoms with Crippen molar-refractivity contribution < 1.29 is 4.79 Å². The molecular weight excluding hydrogens is 545 g/mol. The smallest absolute Gasteiger partial charge is 0.252 e. The molecule has 1 N–H and O–H groups in total. The highest BCUT2D eigenvalue weighted by Crippen LogP contribution is 2.61. The number of halogens is 3. The number of carbonyl (C=O) groups excluding carboxylic acids is 1. The van der Waals surface area contributed by atoms with E-state index in [4.69, 9.17) is 0 Å². The molecule has 0 aliphatic heterocycles. The lowest BCUT2D eigenvalue weighted by atomic mass is 9.48. The van der Waals surface area contributed by atoms with E-state index in [0.717, 1.165) is 35.8 Å². The summed E-state index contributed by atoms with van der Waals surface area (Å²) in [5, 5.41) is 3.36. The van der Waals surface area contributed by atoms with Crippen LogP contribution in [0.5, 0.6) is 0 Å². The molecule has 1 atom stereocenters. The van der Waals surface area contributed by atoms with Gasteiger partial charge in [-0.1, -0.05) is 15.9 Å². The lowest BCUT2D eigenvalue weighted by Gasteiger charge is -2.59. The van der Waals surface area contributed by atoms with Crippen LogP contribution in [0.15, 0.2) is 21.1 Å². The van der Waals surface area contributed by atoms with Gasteiger partial charge in [-0.2, -0.15) is 0 Å². The molecule has 4 aliphatic rings. The number of nitrogens with one attached hydrogen (secondary N) is 1. The van der Waals surface area contributed by atoms with E-state index in [2.05, 4.69) is 66.7 Å². The molecule has 0 heterocycles. The van der Waals surface area contributed by atoms with Gasteiger partial charge in [-0.25, -0.2) is 0 Å². The van der Waals surface area contributed by atoms with Crippen LogP contribution in [0, 0.1) is 26.7 Å². The zero-order valence-corrected chi connectivity index (χ0v) is 19.1. The highest BCUT2D eigenvalue weighted by molar-refractivity contribution is 14.1. The first-order chi connectivity index (χ1) is 11.4. The molecule has 4 bridgehead atoms. The maximum atomic E-state index is 12.9. The second-order valence-electron chi connectivity index (χ2n) is 8.22. The standard InChI is InChI=1S/C19H22Br2INO/c1-10(19-7-11-2-12(8-19)4-13(3-11)9-19)23-18(24)15-5-14(20)6-16(21)17(15)22/h5-6,10-13H,2-4,7-9H2,1H3,(H,23,24)/t10-,11?,12?,13?,19?/m0/s1. The van der Waals surface area contributed by atoms with Gasteiger partial charge in [0.1, 0.15) is 0 Å². The predicted molar refractivity (Wildman–Crippen MR) is 112 cm³/mol. The zero-order valence-electron chi connectivity index (χ0n) is 13.7. The van der Waals surface area contributed by atoms with Gasteiger partial charge < -0.3 is 5.32 Å². The summed E-state index contributed by atoms with van der Waals surface area (Å²) in [5.74, 6) is 2.80. The molecule has 4 saturated carbocycles. The Hall–Kier alpha value is 0.380. The summed E-state index contributed by atoms with van der Waals surface area (Å²) < 4.78 is 2.87. The highest BCUT2D eigenvalue weighted by Gasteiger charge is 2.53. The molecule has 0 aromatic heterocycles. The third-order valence-electron chi connectivity index (χ3n) is 6.59. The van der Waals surface area contributed by atoms with Crippen LogP contribution in [0.1, 0.15) is 55.8 Å². The van der Waals surface area contributed by atoms with E-state index in [-0.39, 0.29) is 11.9 Å². The van der Waals surface area contributed by atoms with Crippen LogP contribution in [-0.4, -0.2) is 11.9 Å². The quantitative estimate of drug-likeness (QED) is 0.345. The Labute approximate surface area is 174 Å². The van der Waals surface area contributed by atoms with Crippen molar-refractivity contribution in [2.24, 2.45) is 23.2 Å². The van der Waals surface area contributed by atoms with Crippen molar-refractivity contribution in [2.75, 3.05) is 0 Å². The van der Waals surface area contributed by atoms with Crippen LogP contribution in [0.2, 0.25) is 0 Å². The Morgan fingerprint density at radius 1 is 1.17 bits per heavy atom. The first-order valence-corrected chi connectivity index (χ1v) is 11.5. The lowest BCUT2D eigenvalue weighted by molar-refractivity contribution is -0.0688. The highest BCUT2D eigenvalue weighted by atomic mass is 127. The predicted octanol–water partition coefficient (Wildman–Crippen LogP) is 6.15. The topological polar surface area (TPSA) is 29.1 Å². The van der Waals surface area contributed by atoms with E-state index >= 15 is 0 Å². The molecule has 0 unspecified atom stereocenters. The molecule has 130 valence electrons. The molecule has 1 amide bonds. The Morgan fingerprint density at radius 2 is 1.71 bits per heavy atom. The molecule has 0 radical (unpaired) electrons. The van der Waals surface area contributed by atoms with Crippen molar-refractivity contribution in [1.82, 2.24) is 5.32 Å². The second-order valence-corrected chi connectivity index (χ2v) is 11.1. The largest absolute Gasteiger partial charge is 0.349 e. The minimum atomic E-state index is 0.0599. The second kappa shape index (κ2) is 6.52. The number of hydrogen-bond donors (Lipinski definition) is 1. The van der Waals surface area contributed by atoms with E-state index in [1.807, 2.05) is 12.1 Å². The number of amides is 1. The third-order valence-corrected chi connectivity index (χ3v) is 9.58. The van der Waals surface area contributed by atoms with E-state index < -0.39 is 0 Å². The molecule has 0 spiro atoms. The Kier molecular flexibility index (Phi) is 4.83. The molecule has 4 fully saturated rings. The van der Waals surface area contributed by atoms with Crippen LogP contribution in [-0.2, 0) is 0 Å². The van der Waals surface area contributed by atoms with Crippen molar-refractivity contribution in [1.29, 1.82) is 0 Å². The molecule has 4 aliphatic carbocycles. The van der Waals surface area contributed by atoms with Gasteiger partial charge in [0.2, 0.25) is 0 Å². The molecule has 5 rings (SSSR count). The molecule has 1 aromatic rings. The fourth-order valence-corrected chi connectivity index (χ4v) is 7.64. The van der Waals surface area contributed by atoms with Crippen LogP contribution in [0.4, 0.5) is 0 Å². The average molecular weight is 567 g/mol. The molecule has 1 aromatic carbocycles. The van der Waals surface area contributed by atoms with Gasteiger partial charge in [-0.15, -0.1) is 0 Å². The molecule has 2 nitrogen and oxygen atoms in total. The monoisotopic (exact) mass is 565 g/mol. The number of rotatable bonds is 3. The molecular formula is C19H22Br2INO. The Balaban J connectivity index is 1.54. The Bertz CT molecular complexity index is 655. The van der Waals surface area contributed by atoms with Gasteiger partial charge in [0.15, 0.2) is 0 Å². The van der Waals surface area contributed by atoms with Crippen molar-refractivity contribution in [3.05, 3.63) is 30.2 Å². The SMILES string of the molecule is C[C@H](NC(=O)c1cc(Br)cc(Br)c1I)C12CC3CC(CC(C3)C1)C2. The minimum absolute atomic E-state index is 0.0599. The number of hydrogen-bond acceptors (Lipinski definition) is 1. The Morgan fingerprint density at radius 3 is 2.25 bits per heavy atom. The van der Waals surface area contributed by atoms with Gasteiger partial charge in [0.25, 0.3) is 5.91 Å². The lowest BCUT2D eigenvalue weighted by Crippen LogP contribution is -2.55. The summed E-state index contributed by atoms with van der Waals surface area (Å²) in [6.07, 6.45) is 8.28. The summed E-state index contributed by atoms with van der Waals surface area (Å²) in [7, 11) is 0. The fraction of sp³-hybridized carbons (Fsp3) is 0.632. The summed E-state index contributed by atoms with van der Waals surface area (Å²) in [5.41, 5.74) is 1.10. The van der Waals surface area contributed by atoms with E-state index in [1.165, 1.54) is 38.5 Å². The first kappa shape index (κ1) is 17.8. The average Bonchev–Trinajstić information content (AvgIpc) is 2.49. The first-order valence-electron chi connectivity index (χ1n) is 8.82. The normalized spacial score (nSPS) is 35.1. The summed E-state index contributed by atoms with van der Waals surface area (Å²) in [6.45, 7) is 2.24. The van der Waals surface area contributed by atoms with Gasteiger partial charge in [-0.05, 0) is 119 Å². The van der Waals surface area contributed by atoms with E-state index in [1.54, 1.807) is 0 Å². The number of carbonyl (C=O) groups is 1. The maximum absolute atomic E-state index is 12.9. The van der Waals surface area contributed by atoms with Crippen LogP contribution < -0.4 is 5.32 Å². The minimum Gasteiger partial charge on any atom is -0.349 e. The third kappa shape index (κ3) is 3.11. The molecule has 24 heavy (non-hydrogen) atoms. The summed E-state index contributed by atoms with van der Waals surface area (Å²) in [6, 6.07) is 4.17. The van der Waals surface area contributed by atoms with Crippen molar-refractivity contribution in [3.8, 4) is 0 Å². The molecule has 5 heteroatoms. The van der Waals surface area contributed by atoms with E-state index in [9.17, 15) is 4.79 Å². The van der Waals surface area contributed by atoms with Gasteiger partial charge in [0, 0.05) is 18.6 Å². The molecule has 0 saturated heterocycles. The number of benzene rings is 1. The van der Waals surface area contributed by atoms with Crippen molar-refractivity contribution in [3.63, 3.8) is 0 Å². The summed E-state index contributed by atoms with van der Waals surface area (Å²) >= 11 is 9.29. The van der Waals surface area contributed by atoms with Crippen molar-refractivity contribution in [2.45, 2.75) is 51.5 Å². The van der Waals surface area contributed by atoms with Crippen LogP contribution >= 0.6 is 54.5 Å². The van der Waals surface area contributed by atoms with Gasteiger partial charge >= 0.3 is 0 Å². The fourth-order valence-electron chi connectivity index (χ4n) is 5.86. The van der Waals surface area contributed by atoms with Gasteiger partial charge in [0.05, 0.1) is 5.56 Å².